The van der Waals surface area contributed by atoms with Crippen molar-refractivity contribution in [1.82, 2.24) is 0 Å². The molecule has 0 aliphatic rings. The number of benzene rings is 2. The van der Waals surface area contributed by atoms with E-state index in [9.17, 15) is 4.79 Å². The van der Waals surface area contributed by atoms with Gasteiger partial charge in [0.05, 0.1) is 7.11 Å². The van der Waals surface area contributed by atoms with Gasteiger partial charge in [0.25, 0.3) is 5.91 Å². The van der Waals surface area contributed by atoms with E-state index in [1.165, 1.54) is 0 Å². The Balaban J connectivity index is 1.98. The van der Waals surface area contributed by atoms with Gasteiger partial charge in [0, 0.05) is 10.6 Å². The van der Waals surface area contributed by atoms with Crippen LogP contribution in [0.3, 0.4) is 0 Å². The summed E-state index contributed by atoms with van der Waals surface area (Å²) in [6.45, 7) is 1.67. The Kier molecular flexibility index (Phi) is 5.89. The Bertz CT molecular complexity index is 711. The monoisotopic (exact) mass is 328 g/mol. The first-order valence-electron chi connectivity index (χ1n) is 6.90. The van der Waals surface area contributed by atoms with Gasteiger partial charge in [-0.15, -0.1) is 0 Å². The molecule has 0 saturated carbocycles. The summed E-state index contributed by atoms with van der Waals surface area (Å²) in [5.41, 5.74) is 0.646. The van der Waals surface area contributed by atoms with Crippen LogP contribution in [0.15, 0.2) is 53.4 Å². The van der Waals surface area contributed by atoms with E-state index in [1.807, 2.05) is 17.5 Å². The number of anilines is 1. The Labute approximate surface area is 139 Å². The van der Waals surface area contributed by atoms with Crippen molar-refractivity contribution in [2.45, 2.75) is 17.9 Å². The highest BCUT2D eigenvalue weighted by Gasteiger charge is 2.16. The fourth-order valence-corrected chi connectivity index (χ4v) is 2.24. The Hall–Kier alpha value is -2.65. The van der Waals surface area contributed by atoms with Crippen LogP contribution in [0.1, 0.15) is 6.92 Å². The normalized spacial score (nSPS) is 11.2. The van der Waals surface area contributed by atoms with E-state index in [0.717, 1.165) is 16.7 Å². The van der Waals surface area contributed by atoms with Gasteiger partial charge in [-0.05, 0) is 55.1 Å². The van der Waals surface area contributed by atoms with E-state index in [-0.39, 0.29) is 5.91 Å². The molecule has 6 heteroatoms. The highest BCUT2D eigenvalue weighted by molar-refractivity contribution is 8.03. The van der Waals surface area contributed by atoms with Gasteiger partial charge >= 0.3 is 0 Å². The molecule has 2 aromatic carbocycles. The lowest BCUT2D eigenvalue weighted by Crippen LogP contribution is -2.30. The molecule has 0 aliphatic heterocycles. The van der Waals surface area contributed by atoms with Crippen LogP contribution in [0.2, 0.25) is 0 Å². The van der Waals surface area contributed by atoms with E-state index >= 15 is 0 Å². The molecular formula is C17H16N2O3S. The van der Waals surface area contributed by atoms with Crippen LogP contribution in [0.4, 0.5) is 5.69 Å². The fraction of sp³-hybridized carbons (Fsp3) is 0.176. The molecule has 118 valence electrons. The Morgan fingerprint density at radius 3 is 2.43 bits per heavy atom. The number of thiocyanates is 1. The molecule has 1 amide bonds. The summed E-state index contributed by atoms with van der Waals surface area (Å²) in [7, 11) is 1.55. The highest BCUT2D eigenvalue weighted by atomic mass is 32.2. The zero-order chi connectivity index (χ0) is 16.7. The molecule has 1 unspecified atom stereocenters. The maximum Gasteiger partial charge on any atom is 0.265 e. The first-order valence-corrected chi connectivity index (χ1v) is 7.72. The molecule has 5 nitrogen and oxygen atoms in total. The van der Waals surface area contributed by atoms with Gasteiger partial charge in [-0.3, -0.25) is 4.79 Å². The number of thioether (sulfide) groups is 1. The van der Waals surface area contributed by atoms with Crippen molar-refractivity contribution in [2.24, 2.45) is 0 Å². The van der Waals surface area contributed by atoms with E-state index in [0.29, 0.717) is 17.2 Å². The van der Waals surface area contributed by atoms with Crippen LogP contribution < -0.4 is 14.8 Å². The first kappa shape index (κ1) is 16.7. The number of hydrogen-bond donors (Lipinski definition) is 1. The van der Waals surface area contributed by atoms with Crippen LogP contribution in [-0.2, 0) is 4.79 Å². The second-order valence-corrected chi connectivity index (χ2v) is 5.48. The summed E-state index contributed by atoms with van der Waals surface area (Å²) in [5, 5.41) is 13.4. The molecule has 2 rings (SSSR count). The molecule has 0 radical (unpaired) electrons. The van der Waals surface area contributed by atoms with Gasteiger partial charge in [0.2, 0.25) is 0 Å². The third-order valence-electron chi connectivity index (χ3n) is 3.03. The average molecular weight is 328 g/mol. The predicted octanol–water partition coefficient (Wildman–Crippen LogP) is 3.67. The summed E-state index contributed by atoms with van der Waals surface area (Å²) < 4.78 is 10.8. The molecule has 23 heavy (non-hydrogen) atoms. The summed E-state index contributed by atoms with van der Waals surface area (Å²) in [4.78, 5) is 13.0. The predicted molar refractivity (Wildman–Crippen MR) is 89.6 cm³/mol. The maximum absolute atomic E-state index is 12.2. The molecular weight excluding hydrogens is 312 g/mol. The number of amides is 1. The number of carbonyl (C=O) groups is 1. The first-order chi connectivity index (χ1) is 11.1. The van der Waals surface area contributed by atoms with Gasteiger partial charge < -0.3 is 14.8 Å². The zero-order valence-corrected chi connectivity index (χ0v) is 13.6. The van der Waals surface area contributed by atoms with Crippen molar-refractivity contribution in [2.75, 3.05) is 12.4 Å². The van der Waals surface area contributed by atoms with Gasteiger partial charge in [-0.2, -0.15) is 5.26 Å². The molecule has 0 saturated heterocycles. The number of nitriles is 1. The molecule has 0 spiro atoms. The number of hydrogen-bond acceptors (Lipinski definition) is 5. The second-order valence-electron chi connectivity index (χ2n) is 4.62. The third-order valence-corrected chi connectivity index (χ3v) is 3.63. The van der Waals surface area contributed by atoms with E-state index in [1.54, 1.807) is 50.4 Å². The van der Waals surface area contributed by atoms with Crippen molar-refractivity contribution < 1.29 is 14.3 Å². The topological polar surface area (TPSA) is 71.3 Å². The SMILES string of the molecule is COc1ccccc1OC(C)C(=O)Nc1ccc(SC#N)cc1. The lowest BCUT2D eigenvalue weighted by atomic mass is 10.3. The van der Waals surface area contributed by atoms with Crippen molar-refractivity contribution in [1.29, 1.82) is 5.26 Å². The average Bonchev–Trinajstić information content (AvgIpc) is 2.57. The van der Waals surface area contributed by atoms with Crippen LogP contribution in [0.5, 0.6) is 11.5 Å². The number of nitrogens with one attached hydrogen (secondary N) is 1. The number of carbonyl (C=O) groups excluding carboxylic acids is 1. The summed E-state index contributed by atoms with van der Waals surface area (Å²) in [5.74, 6) is 0.819. The van der Waals surface area contributed by atoms with Gasteiger partial charge in [-0.25, -0.2) is 0 Å². The second kappa shape index (κ2) is 8.11. The quantitative estimate of drug-likeness (QED) is 0.647. The lowest BCUT2D eigenvalue weighted by molar-refractivity contribution is -0.122. The number of para-hydroxylation sites is 2. The molecule has 0 bridgehead atoms. The third kappa shape index (κ3) is 4.66. The minimum absolute atomic E-state index is 0.267. The van der Waals surface area contributed by atoms with Crippen molar-refractivity contribution >= 4 is 23.4 Å². The molecule has 0 fully saturated rings. The van der Waals surface area contributed by atoms with E-state index < -0.39 is 6.10 Å². The standard InChI is InChI=1S/C17H16N2O3S/c1-12(22-16-6-4-3-5-15(16)21-2)17(20)19-13-7-9-14(10-8-13)23-11-18/h3-10,12H,1-2H3,(H,19,20). The molecule has 0 aromatic heterocycles. The largest absolute Gasteiger partial charge is 0.493 e. The van der Waals surface area contributed by atoms with Crippen molar-refractivity contribution in [3.63, 3.8) is 0 Å². The van der Waals surface area contributed by atoms with Crippen LogP contribution in [0.25, 0.3) is 0 Å². The van der Waals surface area contributed by atoms with Gasteiger partial charge in [0.15, 0.2) is 17.6 Å². The van der Waals surface area contributed by atoms with Crippen LogP contribution in [0, 0.1) is 10.7 Å². The zero-order valence-electron chi connectivity index (χ0n) is 12.8. The van der Waals surface area contributed by atoms with E-state index in [2.05, 4.69) is 5.32 Å². The fourth-order valence-electron chi connectivity index (χ4n) is 1.86. The summed E-state index contributed by atoms with van der Waals surface area (Å²) in [6.07, 6.45) is -0.681. The number of rotatable bonds is 6. The molecule has 0 heterocycles. The van der Waals surface area contributed by atoms with Crippen molar-refractivity contribution in [3.8, 4) is 16.9 Å². The molecule has 2 aromatic rings. The number of ether oxygens (including phenoxy) is 2. The smallest absolute Gasteiger partial charge is 0.265 e. The molecule has 1 atom stereocenters. The molecule has 1 N–H and O–H groups in total. The van der Waals surface area contributed by atoms with Crippen LogP contribution >= 0.6 is 11.8 Å². The van der Waals surface area contributed by atoms with E-state index in [4.69, 9.17) is 14.7 Å². The Morgan fingerprint density at radius 2 is 1.83 bits per heavy atom. The minimum Gasteiger partial charge on any atom is -0.493 e. The van der Waals surface area contributed by atoms with Crippen LogP contribution in [-0.4, -0.2) is 19.1 Å². The number of nitrogens with zero attached hydrogens (tertiary/aromatic N) is 1. The lowest BCUT2D eigenvalue weighted by Gasteiger charge is -2.16. The summed E-state index contributed by atoms with van der Waals surface area (Å²) in [6, 6.07) is 14.2. The highest BCUT2D eigenvalue weighted by Crippen LogP contribution is 2.27. The number of methoxy groups -OCH3 is 1. The summed E-state index contributed by atoms with van der Waals surface area (Å²) >= 11 is 1.07. The molecule has 0 aliphatic carbocycles. The minimum atomic E-state index is -0.681. The van der Waals surface area contributed by atoms with Gasteiger partial charge in [-0.1, -0.05) is 12.1 Å². The Morgan fingerprint density at radius 1 is 1.17 bits per heavy atom. The van der Waals surface area contributed by atoms with Crippen molar-refractivity contribution in [3.05, 3.63) is 48.5 Å². The van der Waals surface area contributed by atoms with Gasteiger partial charge in [0.1, 0.15) is 5.40 Å². The maximum atomic E-state index is 12.2.